The Balaban J connectivity index is 2.11. The lowest BCUT2D eigenvalue weighted by Crippen LogP contribution is -2.08. The van der Waals surface area contributed by atoms with Crippen molar-refractivity contribution in [2.75, 3.05) is 5.32 Å². The first-order valence-electron chi connectivity index (χ1n) is 6.16. The number of nitrogens with one attached hydrogen (secondary N) is 1. The molecule has 1 aromatic heterocycles. The summed E-state index contributed by atoms with van der Waals surface area (Å²) in [4.78, 5) is 0. The summed E-state index contributed by atoms with van der Waals surface area (Å²) in [6.07, 6.45) is -2.43. The number of hydrogen-bond donors (Lipinski definition) is 1. The van der Waals surface area contributed by atoms with Crippen LogP contribution in [0.4, 0.5) is 18.9 Å². The third-order valence-corrected chi connectivity index (χ3v) is 3.33. The Bertz CT molecular complexity index is 590. The van der Waals surface area contributed by atoms with Gasteiger partial charge in [0.25, 0.3) is 0 Å². The van der Waals surface area contributed by atoms with Gasteiger partial charge in [0.05, 0.1) is 22.8 Å². The summed E-state index contributed by atoms with van der Waals surface area (Å²) in [5.41, 5.74) is 0.789. The molecule has 0 aliphatic heterocycles. The molecule has 0 atom stereocenters. The summed E-state index contributed by atoms with van der Waals surface area (Å²) < 4.78 is 39.6. The minimum atomic E-state index is -4.38. The van der Waals surface area contributed by atoms with Crippen molar-refractivity contribution < 1.29 is 13.2 Å². The fraction of sp³-hybridized carbons (Fsp3) is 0.286. The molecular formula is C14H14ClF3N2. The van der Waals surface area contributed by atoms with Crippen molar-refractivity contribution in [3.8, 4) is 0 Å². The minimum Gasteiger partial charge on any atom is -0.378 e. The summed E-state index contributed by atoms with van der Waals surface area (Å²) in [7, 11) is 0. The molecule has 0 aliphatic rings. The van der Waals surface area contributed by atoms with Crippen LogP contribution in [-0.2, 0) is 19.3 Å². The van der Waals surface area contributed by atoms with E-state index in [1.165, 1.54) is 6.07 Å². The van der Waals surface area contributed by atoms with Gasteiger partial charge in [0.2, 0.25) is 0 Å². The van der Waals surface area contributed by atoms with E-state index in [2.05, 4.69) is 5.32 Å². The third kappa shape index (κ3) is 3.28. The topological polar surface area (TPSA) is 17.0 Å². The largest absolute Gasteiger partial charge is 0.416 e. The molecule has 0 saturated carbocycles. The molecule has 0 radical (unpaired) electrons. The number of anilines is 1. The highest BCUT2D eigenvalue weighted by atomic mass is 35.5. The van der Waals surface area contributed by atoms with E-state index in [0.29, 0.717) is 12.2 Å². The first-order valence-corrected chi connectivity index (χ1v) is 6.54. The van der Waals surface area contributed by atoms with Crippen LogP contribution in [0.25, 0.3) is 0 Å². The third-order valence-electron chi connectivity index (χ3n) is 3.02. The van der Waals surface area contributed by atoms with Gasteiger partial charge in [-0.25, -0.2) is 0 Å². The molecule has 108 valence electrons. The molecular weight excluding hydrogens is 289 g/mol. The van der Waals surface area contributed by atoms with E-state index in [4.69, 9.17) is 11.6 Å². The number of rotatable bonds is 4. The highest BCUT2D eigenvalue weighted by molar-refractivity contribution is 6.33. The van der Waals surface area contributed by atoms with E-state index in [1.54, 1.807) is 0 Å². The molecule has 0 spiro atoms. The summed E-state index contributed by atoms with van der Waals surface area (Å²) >= 11 is 5.88. The number of aryl methyl sites for hydroxylation is 1. The molecule has 0 aliphatic carbocycles. The van der Waals surface area contributed by atoms with Crippen LogP contribution < -0.4 is 5.32 Å². The van der Waals surface area contributed by atoms with E-state index in [0.717, 1.165) is 24.4 Å². The van der Waals surface area contributed by atoms with Crippen LogP contribution in [0.15, 0.2) is 36.5 Å². The predicted molar refractivity (Wildman–Crippen MR) is 73.9 cm³/mol. The smallest absolute Gasteiger partial charge is 0.378 e. The summed E-state index contributed by atoms with van der Waals surface area (Å²) in [6, 6.07) is 7.18. The molecule has 0 saturated heterocycles. The Kier molecular flexibility index (Phi) is 4.28. The van der Waals surface area contributed by atoms with Crippen molar-refractivity contribution in [2.45, 2.75) is 26.2 Å². The first-order chi connectivity index (χ1) is 9.41. The molecule has 2 nitrogen and oxygen atoms in total. The fourth-order valence-corrected chi connectivity index (χ4v) is 2.19. The monoisotopic (exact) mass is 302 g/mol. The molecule has 6 heteroatoms. The van der Waals surface area contributed by atoms with Gasteiger partial charge in [-0.3, -0.25) is 0 Å². The maximum Gasteiger partial charge on any atom is 0.416 e. The van der Waals surface area contributed by atoms with E-state index < -0.39 is 11.7 Å². The molecule has 1 heterocycles. The lowest BCUT2D eigenvalue weighted by atomic mass is 10.2. The molecule has 1 N–H and O–H groups in total. The van der Waals surface area contributed by atoms with Gasteiger partial charge in [-0.1, -0.05) is 11.6 Å². The van der Waals surface area contributed by atoms with Crippen LogP contribution in [0.3, 0.4) is 0 Å². The second-order valence-corrected chi connectivity index (χ2v) is 4.74. The fourth-order valence-electron chi connectivity index (χ4n) is 1.94. The molecule has 20 heavy (non-hydrogen) atoms. The van der Waals surface area contributed by atoms with Crippen LogP contribution in [0.5, 0.6) is 0 Å². The number of alkyl halides is 3. The Morgan fingerprint density at radius 2 is 2.00 bits per heavy atom. The lowest BCUT2D eigenvalue weighted by molar-refractivity contribution is -0.137. The zero-order chi connectivity index (χ0) is 14.8. The van der Waals surface area contributed by atoms with Crippen molar-refractivity contribution >= 4 is 17.3 Å². The molecule has 0 bridgehead atoms. The molecule has 0 fully saturated rings. The Labute approximate surface area is 120 Å². The predicted octanol–water partition coefficient (Wildman–Crippen LogP) is 4.79. The van der Waals surface area contributed by atoms with Gasteiger partial charge >= 0.3 is 6.18 Å². The highest BCUT2D eigenvalue weighted by Crippen LogP contribution is 2.33. The highest BCUT2D eigenvalue weighted by Gasteiger charge is 2.30. The Morgan fingerprint density at radius 3 is 2.60 bits per heavy atom. The van der Waals surface area contributed by atoms with Crippen LogP contribution in [0.2, 0.25) is 5.02 Å². The van der Waals surface area contributed by atoms with Crippen LogP contribution in [0.1, 0.15) is 18.2 Å². The van der Waals surface area contributed by atoms with Crippen LogP contribution in [-0.4, -0.2) is 4.57 Å². The van der Waals surface area contributed by atoms with Crippen molar-refractivity contribution in [1.82, 2.24) is 4.57 Å². The van der Waals surface area contributed by atoms with Crippen molar-refractivity contribution in [2.24, 2.45) is 0 Å². The van der Waals surface area contributed by atoms with Crippen molar-refractivity contribution in [3.63, 3.8) is 0 Å². The van der Waals surface area contributed by atoms with Gasteiger partial charge in [-0.15, -0.1) is 0 Å². The van der Waals surface area contributed by atoms with Gasteiger partial charge in [0.1, 0.15) is 0 Å². The number of nitrogens with zero attached hydrogens (tertiary/aromatic N) is 1. The number of benzene rings is 1. The molecule has 1 aromatic carbocycles. The Morgan fingerprint density at radius 1 is 1.25 bits per heavy atom. The zero-order valence-electron chi connectivity index (χ0n) is 10.8. The quantitative estimate of drug-likeness (QED) is 0.859. The van der Waals surface area contributed by atoms with Crippen molar-refractivity contribution in [3.05, 3.63) is 52.8 Å². The maximum absolute atomic E-state index is 12.5. The zero-order valence-corrected chi connectivity index (χ0v) is 11.6. The summed E-state index contributed by atoms with van der Waals surface area (Å²) in [5, 5.41) is 3.11. The second-order valence-electron chi connectivity index (χ2n) is 4.33. The van der Waals surface area contributed by atoms with Crippen LogP contribution >= 0.6 is 11.6 Å². The normalized spacial score (nSPS) is 11.7. The van der Waals surface area contributed by atoms with Gasteiger partial charge in [0.15, 0.2) is 0 Å². The van der Waals surface area contributed by atoms with Gasteiger partial charge in [-0.05, 0) is 37.3 Å². The van der Waals surface area contributed by atoms with E-state index in [9.17, 15) is 13.2 Å². The van der Waals surface area contributed by atoms with Crippen LogP contribution in [0, 0.1) is 0 Å². The second kappa shape index (κ2) is 5.79. The van der Waals surface area contributed by atoms with Crippen molar-refractivity contribution in [1.29, 1.82) is 0 Å². The molecule has 2 rings (SSSR count). The first kappa shape index (κ1) is 14.8. The summed E-state index contributed by atoms with van der Waals surface area (Å²) in [6.45, 7) is 3.37. The number of halogens is 4. The summed E-state index contributed by atoms with van der Waals surface area (Å²) in [5.74, 6) is 0. The van der Waals surface area contributed by atoms with Gasteiger partial charge in [-0.2, -0.15) is 13.2 Å². The maximum atomic E-state index is 12.5. The number of hydrogen-bond acceptors (Lipinski definition) is 1. The SMILES string of the molecule is CCn1cccc1CNc1ccc(C(F)(F)F)cc1Cl. The molecule has 2 aromatic rings. The average molecular weight is 303 g/mol. The average Bonchev–Trinajstić information content (AvgIpc) is 2.83. The molecule has 0 amide bonds. The standard InChI is InChI=1S/C14H14ClF3N2/c1-2-20-7-3-4-11(20)9-19-13-6-5-10(8-12(13)15)14(16,17)18/h3-8,19H,2,9H2,1H3. The van der Waals surface area contributed by atoms with E-state index in [-0.39, 0.29) is 5.02 Å². The van der Waals surface area contributed by atoms with E-state index >= 15 is 0 Å². The van der Waals surface area contributed by atoms with Gasteiger partial charge < -0.3 is 9.88 Å². The Hall–Kier alpha value is -1.62. The molecule has 0 unspecified atom stereocenters. The lowest BCUT2D eigenvalue weighted by Gasteiger charge is -2.13. The van der Waals surface area contributed by atoms with E-state index in [1.807, 2.05) is 29.8 Å². The number of aromatic nitrogens is 1. The minimum absolute atomic E-state index is 0.0643. The van der Waals surface area contributed by atoms with Gasteiger partial charge in [0, 0.05) is 18.4 Å².